The van der Waals surface area contributed by atoms with Crippen LogP contribution in [-0.4, -0.2) is 18.2 Å². The van der Waals surface area contributed by atoms with Gasteiger partial charge in [0.05, 0.1) is 0 Å². The molecule has 0 fully saturated rings. The third-order valence-corrected chi connectivity index (χ3v) is 3.12. The molecule has 18 heavy (non-hydrogen) atoms. The Morgan fingerprint density at radius 3 is 2.44 bits per heavy atom. The summed E-state index contributed by atoms with van der Waals surface area (Å²) in [5, 5.41) is 12.8. The fourth-order valence-corrected chi connectivity index (χ4v) is 1.93. The highest BCUT2D eigenvalue weighted by Gasteiger charge is 2.20. The van der Waals surface area contributed by atoms with Crippen molar-refractivity contribution >= 4 is 0 Å². The summed E-state index contributed by atoms with van der Waals surface area (Å²) in [7, 11) is 0. The molecule has 0 amide bonds. The number of benzene rings is 1. The molecule has 0 saturated carbocycles. The molecular formula is C16H25NO. The first kappa shape index (κ1) is 14.8. The van der Waals surface area contributed by atoms with Crippen LogP contribution in [0.5, 0.6) is 5.75 Å². The molecule has 0 spiro atoms. The molecule has 1 rings (SSSR count). The van der Waals surface area contributed by atoms with Gasteiger partial charge >= 0.3 is 0 Å². The van der Waals surface area contributed by atoms with Gasteiger partial charge in [0.15, 0.2) is 0 Å². The second-order valence-electron chi connectivity index (χ2n) is 5.73. The van der Waals surface area contributed by atoms with E-state index in [0.717, 1.165) is 19.5 Å². The smallest absolute Gasteiger partial charge is 0.115 e. The largest absolute Gasteiger partial charge is 0.508 e. The lowest BCUT2D eigenvalue weighted by Crippen LogP contribution is -2.34. The average molecular weight is 247 g/mol. The Hall–Kier alpha value is -1.28. The molecule has 2 nitrogen and oxygen atoms in total. The van der Waals surface area contributed by atoms with Gasteiger partial charge in [-0.3, -0.25) is 0 Å². The third-order valence-electron chi connectivity index (χ3n) is 3.12. The Morgan fingerprint density at radius 1 is 1.33 bits per heavy atom. The van der Waals surface area contributed by atoms with Gasteiger partial charge in [-0.15, -0.1) is 6.58 Å². The van der Waals surface area contributed by atoms with Crippen LogP contribution >= 0.6 is 0 Å². The minimum absolute atomic E-state index is 0.0475. The second-order valence-corrected chi connectivity index (χ2v) is 5.73. The normalized spacial score (nSPS) is 14.4. The first-order valence-electron chi connectivity index (χ1n) is 6.57. The van der Waals surface area contributed by atoms with Gasteiger partial charge in [-0.1, -0.05) is 39.0 Å². The third kappa shape index (κ3) is 4.92. The van der Waals surface area contributed by atoms with Gasteiger partial charge in [0.1, 0.15) is 5.75 Å². The molecule has 1 atom stereocenters. The lowest BCUT2D eigenvalue weighted by molar-refractivity contribution is 0.377. The topological polar surface area (TPSA) is 32.3 Å². The highest BCUT2D eigenvalue weighted by molar-refractivity contribution is 5.27. The van der Waals surface area contributed by atoms with Gasteiger partial charge in [0, 0.05) is 12.0 Å². The molecule has 1 aromatic rings. The van der Waals surface area contributed by atoms with E-state index in [0.29, 0.717) is 11.7 Å². The number of phenols is 1. The van der Waals surface area contributed by atoms with Gasteiger partial charge in [-0.25, -0.2) is 0 Å². The molecule has 0 radical (unpaired) electrons. The quantitative estimate of drug-likeness (QED) is 0.724. The molecule has 0 saturated heterocycles. The van der Waals surface area contributed by atoms with Crippen LogP contribution in [0.4, 0.5) is 0 Å². The molecule has 2 N–H and O–H groups in total. The maximum atomic E-state index is 9.28. The van der Waals surface area contributed by atoms with E-state index in [4.69, 9.17) is 0 Å². The van der Waals surface area contributed by atoms with Crippen molar-refractivity contribution in [2.24, 2.45) is 11.3 Å². The van der Waals surface area contributed by atoms with E-state index in [-0.39, 0.29) is 5.41 Å². The summed E-state index contributed by atoms with van der Waals surface area (Å²) in [6, 6.07) is 7.42. The van der Waals surface area contributed by atoms with Gasteiger partial charge in [0.2, 0.25) is 0 Å². The summed E-state index contributed by atoms with van der Waals surface area (Å²) in [6.07, 6.45) is 2.95. The Balaban J connectivity index is 2.58. The number of hydrogen-bond acceptors (Lipinski definition) is 2. The summed E-state index contributed by atoms with van der Waals surface area (Å²) >= 11 is 0. The molecule has 100 valence electrons. The van der Waals surface area contributed by atoms with Crippen LogP contribution in [0.2, 0.25) is 0 Å². The molecular weight excluding hydrogens is 222 g/mol. The van der Waals surface area contributed by atoms with E-state index in [1.165, 1.54) is 5.56 Å². The van der Waals surface area contributed by atoms with Crippen LogP contribution in [0.3, 0.4) is 0 Å². The Bertz CT molecular complexity index is 369. The maximum absolute atomic E-state index is 9.28. The Morgan fingerprint density at radius 2 is 1.94 bits per heavy atom. The van der Waals surface area contributed by atoms with Crippen LogP contribution in [0.1, 0.15) is 26.3 Å². The molecule has 0 aliphatic rings. The SMILES string of the molecule is C=CC(C)(CNCC(C)C)Cc1ccc(O)cc1. The molecule has 1 unspecified atom stereocenters. The van der Waals surface area contributed by atoms with Gasteiger partial charge < -0.3 is 10.4 Å². The molecule has 0 bridgehead atoms. The number of aromatic hydroxyl groups is 1. The van der Waals surface area contributed by atoms with Crippen molar-refractivity contribution in [3.63, 3.8) is 0 Å². The van der Waals surface area contributed by atoms with Crippen LogP contribution in [-0.2, 0) is 6.42 Å². The molecule has 0 aliphatic carbocycles. The highest BCUT2D eigenvalue weighted by Crippen LogP contribution is 2.24. The van der Waals surface area contributed by atoms with Crippen LogP contribution < -0.4 is 5.32 Å². The molecule has 0 heterocycles. The van der Waals surface area contributed by atoms with Crippen molar-refractivity contribution in [2.75, 3.05) is 13.1 Å². The first-order valence-corrected chi connectivity index (χ1v) is 6.57. The summed E-state index contributed by atoms with van der Waals surface area (Å²) < 4.78 is 0. The van der Waals surface area contributed by atoms with E-state index in [1.807, 2.05) is 18.2 Å². The zero-order valence-electron chi connectivity index (χ0n) is 11.7. The number of rotatable bonds is 7. The van der Waals surface area contributed by atoms with Gasteiger partial charge in [-0.05, 0) is 36.6 Å². The molecule has 2 heteroatoms. The fraction of sp³-hybridized carbons (Fsp3) is 0.500. The van der Waals surface area contributed by atoms with Crippen LogP contribution in [0.25, 0.3) is 0 Å². The summed E-state index contributed by atoms with van der Waals surface area (Å²) in [5.74, 6) is 0.977. The highest BCUT2D eigenvalue weighted by atomic mass is 16.3. The van der Waals surface area contributed by atoms with E-state index in [1.54, 1.807) is 12.1 Å². The second kappa shape index (κ2) is 6.60. The van der Waals surface area contributed by atoms with Crippen molar-refractivity contribution in [2.45, 2.75) is 27.2 Å². The zero-order chi connectivity index (χ0) is 13.6. The Kier molecular flexibility index (Phi) is 5.42. The maximum Gasteiger partial charge on any atom is 0.115 e. The predicted octanol–water partition coefficient (Wildman–Crippen LogP) is 3.37. The fourth-order valence-electron chi connectivity index (χ4n) is 1.93. The lowest BCUT2D eigenvalue weighted by atomic mass is 9.83. The van der Waals surface area contributed by atoms with E-state index in [9.17, 15) is 5.11 Å². The zero-order valence-corrected chi connectivity index (χ0v) is 11.7. The van der Waals surface area contributed by atoms with Gasteiger partial charge in [0.25, 0.3) is 0 Å². The first-order chi connectivity index (χ1) is 8.45. The summed E-state index contributed by atoms with van der Waals surface area (Å²) in [6.45, 7) is 12.5. The van der Waals surface area contributed by atoms with Crippen molar-refractivity contribution < 1.29 is 5.11 Å². The minimum Gasteiger partial charge on any atom is -0.508 e. The van der Waals surface area contributed by atoms with E-state index < -0.39 is 0 Å². The standard InChI is InChI=1S/C16H25NO/c1-5-16(4,12-17-11-13(2)3)10-14-6-8-15(18)9-7-14/h5-9,13,17-18H,1,10-12H2,2-4H3. The van der Waals surface area contributed by atoms with Crippen molar-refractivity contribution in [3.05, 3.63) is 42.5 Å². The van der Waals surface area contributed by atoms with E-state index in [2.05, 4.69) is 32.7 Å². The lowest BCUT2D eigenvalue weighted by Gasteiger charge is -2.27. The van der Waals surface area contributed by atoms with Gasteiger partial charge in [-0.2, -0.15) is 0 Å². The van der Waals surface area contributed by atoms with Crippen LogP contribution in [0, 0.1) is 11.3 Å². The number of nitrogens with one attached hydrogen (secondary N) is 1. The predicted molar refractivity (Wildman–Crippen MR) is 77.8 cm³/mol. The van der Waals surface area contributed by atoms with Crippen LogP contribution in [0.15, 0.2) is 36.9 Å². The van der Waals surface area contributed by atoms with Crippen molar-refractivity contribution in [1.82, 2.24) is 5.32 Å². The summed E-state index contributed by atoms with van der Waals surface area (Å²) in [5.41, 5.74) is 1.27. The number of hydrogen-bond donors (Lipinski definition) is 2. The molecule has 0 aromatic heterocycles. The van der Waals surface area contributed by atoms with Crippen molar-refractivity contribution in [3.8, 4) is 5.75 Å². The summed E-state index contributed by atoms with van der Waals surface area (Å²) in [4.78, 5) is 0. The van der Waals surface area contributed by atoms with Crippen molar-refractivity contribution in [1.29, 1.82) is 0 Å². The monoisotopic (exact) mass is 247 g/mol. The molecule has 0 aliphatic heterocycles. The minimum atomic E-state index is 0.0475. The van der Waals surface area contributed by atoms with E-state index >= 15 is 0 Å². The average Bonchev–Trinajstić information content (AvgIpc) is 2.32. The molecule has 1 aromatic carbocycles. The Labute approximate surface area is 111 Å². The number of phenolic OH excluding ortho intramolecular Hbond substituents is 1.